The molecule has 1 aromatic heterocycles. The molecule has 0 atom stereocenters. The van der Waals surface area contributed by atoms with Gasteiger partial charge in [-0.05, 0) is 19.1 Å². The number of amidine groups is 1. The third kappa shape index (κ3) is 2.26. The van der Waals surface area contributed by atoms with Crippen LogP contribution in [0.5, 0.6) is 0 Å². The van der Waals surface area contributed by atoms with E-state index in [4.69, 9.17) is 10.4 Å². The molecule has 0 amide bonds. The SMILES string of the molecule is Cc1cc(C(=Nc2ccccc2)NN)no1. The first-order valence-electron chi connectivity index (χ1n) is 4.83. The van der Waals surface area contributed by atoms with E-state index in [1.165, 1.54) is 0 Å². The van der Waals surface area contributed by atoms with Gasteiger partial charge in [0.1, 0.15) is 11.5 Å². The zero-order valence-corrected chi connectivity index (χ0v) is 8.84. The molecule has 0 aliphatic heterocycles. The van der Waals surface area contributed by atoms with Crippen LogP contribution in [0.4, 0.5) is 5.69 Å². The first-order valence-corrected chi connectivity index (χ1v) is 4.83. The molecule has 0 aliphatic carbocycles. The molecule has 5 nitrogen and oxygen atoms in total. The number of aliphatic imine (C=N–C) groups is 1. The fourth-order valence-corrected chi connectivity index (χ4v) is 1.27. The van der Waals surface area contributed by atoms with E-state index in [1.807, 2.05) is 37.3 Å². The maximum Gasteiger partial charge on any atom is 0.170 e. The Bertz CT molecular complexity index is 490. The highest BCUT2D eigenvalue weighted by molar-refractivity contribution is 5.98. The fourth-order valence-electron chi connectivity index (χ4n) is 1.27. The summed E-state index contributed by atoms with van der Waals surface area (Å²) in [7, 11) is 0. The van der Waals surface area contributed by atoms with E-state index in [9.17, 15) is 0 Å². The number of nitrogens with one attached hydrogen (secondary N) is 1. The zero-order valence-electron chi connectivity index (χ0n) is 8.84. The Morgan fingerprint density at radius 1 is 1.38 bits per heavy atom. The number of nitrogens with zero attached hydrogens (tertiary/aromatic N) is 2. The molecule has 1 heterocycles. The lowest BCUT2D eigenvalue weighted by molar-refractivity contribution is 0.396. The van der Waals surface area contributed by atoms with Gasteiger partial charge in [0.15, 0.2) is 5.84 Å². The van der Waals surface area contributed by atoms with Gasteiger partial charge in [0.2, 0.25) is 0 Å². The molecule has 2 aromatic rings. The number of hydrogen-bond acceptors (Lipinski definition) is 4. The second-order valence-electron chi connectivity index (χ2n) is 3.26. The molecule has 0 saturated carbocycles. The molecule has 0 aliphatic rings. The summed E-state index contributed by atoms with van der Waals surface area (Å²) in [6.07, 6.45) is 0. The summed E-state index contributed by atoms with van der Waals surface area (Å²) < 4.78 is 4.96. The highest BCUT2D eigenvalue weighted by Gasteiger charge is 2.07. The third-order valence-corrected chi connectivity index (χ3v) is 2.00. The first-order chi connectivity index (χ1) is 7.79. The van der Waals surface area contributed by atoms with Gasteiger partial charge in [-0.1, -0.05) is 23.4 Å². The van der Waals surface area contributed by atoms with Crippen LogP contribution in [0, 0.1) is 6.92 Å². The summed E-state index contributed by atoms with van der Waals surface area (Å²) in [5, 5.41) is 3.83. The highest BCUT2D eigenvalue weighted by atomic mass is 16.5. The number of hydrogen-bond donors (Lipinski definition) is 2. The summed E-state index contributed by atoms with van der Waals surface area (Å²) in [5.41, 5.74) is 3.90. The molecule has 16 heavy (non-hydrogen) atoms. The van der Waals surface area contributed by atoms with Crippen molar-refractivity contribution in [3.63, 3.8) is 0 Å². The first kappa shape index (κ1) is 10.4. The minimum atomic E-state index is 0.475. The maximum atomic E-state index is 5.40. The quantitative estimate of drug-likeness (QED) is 0.345. The van der Waals surface area contributed by atoms with Crippen molar-refractivity contribution in [1.29, 1.82) is 0 Å². The van der Waals surface area contributed by atoms with Gasteiger partial charge in [0.05, 0.1) is 5.69 Å². The van der Waals surface area contributed by atoms with Gasteiger partial charge in [-0.2, -0.15) is 0 Å². The molecule has 5 heteroatoms. The van der Waals surface area contributed by atoms with Crippen LogP contribution in [-0.4, -0.2) is 11.0 Å². The van der Waals surface area contributed by atoms with Crippen molar-refractivity contribution >= 4 is 11.5 Å². The normalized spacial score (nSPS) is 11.5. The van der Waals surface area contributed by atoms with Crippen LogP contribution < -0.4 is 11.3 Å². The molecular weight excluding hydrogens is 204 g/mol. The molecule has 0 saturated heterocycles. The molecule has 0 unspecified atom stereocenters. The predicted octanol–water partition coefficient (Wildman–Crippen LogP) is 1.52. The Morgan fingerprint density at radius 2 is 2.12 bits per heavy atom. The molecule has 0 radical (unpaired) electrons. The molecule has 82 valence electrons. The van der Waals surface area contributed by atoms with Gasteiger partial charge in [-0.25, -0.2) is 10.8 Å². The number of hydrazine groups is 1. The van der Waals surface area contributed by atoms with Gasteiger partial charge >= 0.3 is 0 Å². The summed E-state index contributed by atoms with van der Waals surface area (Å²) in [6, 6.07) is 11.3. The predicted molar refractivity (Wildman–Crippen MR) is 61.2 cm³/mol. The van der Waals surface area contributed by atoms with Crippen molar-refractivity contribution in [2.24, 2.45) is 10.8 Å². The third-order valence-electron chi connectivity index (χ3n) is 2.00. The van der Waals surface area contributed by atoms with Crippen LogP contribution in [0.1, 0.15) is 11.5 Å². The van der Waals surface area contributed by atoms with Gasteiger partial charge in [0.25, 0.3) is 0 Å². The molecule has 1 aromatic carbocycles. The number of aryl methyl sites for hydroxylation is 1. The van der Waals surface area contributed by atoms with Crippen LogP contribution in [-0.2, 0) is 0 Å². The highest BCUT2D eigenvalue weighted by Crippen LogP contribution is 2.12. The average molecular weight is 216 g/mol. The van der Waals surface area contributed by atoms with Crippen LogP contribution in [0.2, 0.25) is 0 Å². The van der Waals surface area contributed by atoms with E-state index in [-0.39, 0.29) is 0 Å². The summed E-state index contributed by atoms with van der Waals surface area (Å²) >= 11 is 0. The minimum absolute atomic E-state index is 0.475. The Kier molecular flexibility index (Phi) is 2.98. The Hall–Kier alpha value is -2.14. The van der Waals surface area contributed by atoms with Crippen LogP contribution in [0.3, 0.4) is 0 Å². The van der Waals surface area contributed by atoms with Crippen LogP contribution in [0.15, 0.2) is 45.9 Å². The summed E-state index contributed by atoms with van der Waals surface area (Å²) in [5.74, 6) is 6.59. The van der Waals surface area contributed by atoms with Crippen molar-refractivity contribution in [2.45, 2.75) is 6.92 Å². The molecule has 0 spiro atoms. The Morgan fingerprint density at radius 3 is 2.69 bits per heavy atom. The van der Waals surface area contributed by atoms with Crippen molar-refractivity contribution in [3.05, 3.63) is 47.9 Å². The van der Waals surface area contributed by atoms with Crippen LogP contribution in [0.25, 0.3) is 0 Å². The summed E-state index contributed by atoms with van der Waals surface area (Å²) in [6.45, 7) is 1.81. The van der Waals surface area contributed by atoms with E-state index in [2.05, 4.69) is 15.6 Å². The number of aromatic nitrogens is 1. The Labute approximate surface area is 92.9 Å². The molecule has 2 rings (SSSR count). The number of rotatable bonds is 2. The molecular formula is C11H12N4O. The van der Waals surface area contributed by atoms with E-state index in [0.29, 0.717) is 17.3 Å². The second-order valence-corrected chi connectivity index (χ2v) is 3.26. The van der Waals surface area contributed by atoms with Crippen molar-refractivity contribution in [1.82, 2.24) is 10.6 Å². The number of nitrogens with two attached hydrogens (primary N) is 1. The standard InChI is InChI=1S/C11H12N4O/c1-8-7-10(15-16-8)11(14-12)13-9-5-3-2-4-6-9/h2-7H,12H2,1H3,(H,13,14). The van der Waals surface area contributed by atoms with E-state index in [0.717, 1.165) is 5.69 Å². The van der Waals surface area contributed by atoms with Crippen molar-refractivity contribution in [3.8, 4) is 0 Å². The van der Waals surface area contributed by atoms with Crippen LogP contribution >= 0.6 is 0 Å². The zero-order chi connectivity index (χ0) is 11.4. The van der Waals surface area contributed by atoms with Gasteiger partial charge in [-0.15, -0.1) is 0 Å². The number of benzene rings is 1. The van der Waals surface area contributed by atoms with Crippen molar-refractivity contribution in [2.75, 3.05) is 0 Å². The maximum absolute atomic E-state index is 5.40. The lowest BCUT2D eigenvalue weighted by Gasteiger charge is -2.00. The summed E-state index contributed by atoms with van der Waals surface area (Å²) in [4.78, 5) is 4.32. The monoisotopic (exact) mass is 216 g/mol. The molecule has 0 bridgehead atoms. The van der Waals surface area contributed by atoms with Gasteiger partial charge in [0, 0.05) is 6.07 Å². The van der Waals surface area contributed by atoms with E-state index < -0.39 is 0 Å². The van der Waals surface area contributed by atoms with Crippen molar-refractivity contribution < 1.29 is 4.52 Å². The fraction of sp³-hybridized carbons (Fsp3) is 0.0909. The van der Waals surface area contributed by atoms with Gasteiger partial charge in [-0.3, -0.25) is 0 Å². The largest absolute Gasteiger partial charge is 0.361 e. The second kappa shape index (κ2) is 4.59. The van der Waals surface area contributed by atoms with E-state index in [1.54, 1.807) is 6.07 Å². The smallest absolute Gasteiger partial charge is 0.170 e. The minimum Gasteiger partial charge on any atom is -0.361 e. The van der Waals surface area contributed by atoms with E-state index >= 15 is 0 Å². The Balaban J connectivity index is 2.33. The van der Waals surface area contributed by atoms with Gasteiger partial charge < -0.3 is 9.95 Å². The average Bonchev–Trinajstić information content (AvgIpc) is 2.74. The lowest BCUT2D eigenvalue weighted by atomic mass is 10.3. The molecule has 3 N–H and O–H groups in total. The lowest BCUT2D eigenvalue weighted by Crippen LogP contribution is -2.31. The number of para-hydroxylation sites is 1. The topological polar surface area (TPSA) is 76.4 Å². The molecule has 0 fully saturated rings.